The van der Waals surface area contributed by atoms with Crippen LogP contribution in [0.1, 0.15) is 5.56 Å². The van der Waals surface area contributed by atoms with Crippen LogP contribution >= 0.6 is 0 Å². The van der Waals surface area contributed by atoms with Gasteiger partial charge in [-0.25, -0.2) is 9.37 Å². The molecule has 0 spiro atoms. The molecule has 0 aliphatic rings. The van der Waals surface area contributed by atoms with Crippen molar-refractivity contribution < 1.29 is 4.39 Å². The van der Waals surface area contributed by atoms with Crippen molar-refractivity contribution in [3.05, 3.63) is 84.6 Å². The smallest absolute Gasteiger partial charge is 0.138 e. The van der Waals surface area contributed by atoms with E-state index in [-0.39, 0.29) is 5.82 Å². The number of pyridine rings is 2. The molecule has 0 amide bonds. The number of H-pyrrole nitrogens is 2. The number of nitrogens with one attached hydrogen (secondary N) is 3. The molecule has 0 saturated carbocycles. The maximum Gasteiger partial charge on any atom is 0.138 e. The van der Waals surface area contributed by atoms with Gasteiger partial charge in [-0.3, -0.25) is 10.1 Å². The highest BCUT2D eigenvalue weighted by Crippen LogP contribution is 2.35. The number of hydrogen-bond acceptors (Lipinski definition) is 5. The highest BCUT2D eigenvalue weighted by atomic mass is 19.1. The van der Waals surface area contributed by atoms with Crippen LogP contribution in [-0.4, -0.2) is 57.2 Å². The van der Waals surface area contributed by atoms with Crippen LogP contribution in [0, 0.1) is 12.7 Å². The molecule has 0 aliphatic carbocycles. The van der Waals surface area contributed by atoms with Gasteiger partial charge >= 0.3 is 0 Å². The number of halogens is 1. The Morgan fingerprint density at radius 3 is 2.66 bits per heavy atom. The molecule has 0 fully saturated rings. The van der Waals surface area contributed by atoms with Crippen LogP contribution in [0.2, 0.25) is 0 Å². The van der Waals surface area contributed by atoms with Crippen molar-refractivity contribution in [1.82, 2.24) is 30.0 Å². The first-order valence-electron chi connectivity index (χ1n) is 12.5. The largest absolute Gasteiger partial charge is 0.384 e. The van der Waals surface area contributed by atoms with E-state index in [1.807, 2.05) is 57.7 Å². The zero-order valence-electron chi connectivity index (χ0n) is 21.5. The maximum absolute atomic E-state index is 14.6. The Labute approximate surface area is 219 Å². The highest BCUT2D eigenvalue weighted by Gasteiger charge is 2.16. The molecule has 0 atom stereocenters. The van der Waals surface area contributed by atoms with E-state index in [1.54, 1.807) is 12.3 Å². The molecule has 0 saturated heterocycles. The minimum absolute atomic E-state index is 0.285. The van der Waals surface area contributed by atoms with Gasteiger partial charge in [-0.2, -0.15) is 5.10 Å². The second kappa shape index (κ2) is 9.72. The lowest BCUT2D eigenvalue weighted by Gasteiger charge is -2.13. The summed E-state index contributed by atoms with van der Waals surface area (Å²) in [5, 5.41) is 13.0. The van der Waals surface area contributed by atoms with Gasteiger partial charge in [0.15, 0.2) is 0 Å². The molecule has 190 valence electrons. The molecule has 4 aromatic heterocycles. The van der Waals surface area contributed by atoms with E-state index >= 15 is 0 Å². The molecule has 3 N–H and O–H groups in total. The quantitative estimate of drug-likeness (QED) is 0.239. The van der Waals surface area contributed by atoms with E-state index < -0.39 is 0 Å². The van der Waals surface area contributed by atoms with Crippen molar-refractivity contribution in [1.29, 1.82) is 0 Å². The zero-order valence-corrected chi connectivity index (χ0v) is 21.5. The SMILES string of the molecule is Cc1cncc(-c2ccc3[nH]nc(-c4cc5c(-c6cc(F)cc(NCCN(C)C)c6)ccnc5[nH]4)c3c2)c1. The molecular formula is C30H28FN7. The van der Waals surface area contributed by atoms with E-state index in [2.05, 4.69) is 53.6 Å². The Kier molecular flexibility index (Phi) is 6.09. The standard InChI is InChI=1S/C30H28FN7/c1-18-10-21(17-32-16-18)19-4-5-27-26(13-19)29(37-36-27)28-15-25-24(6-7-34-30(25)35-28)20-11-22(31)14-23(12-20)33-8-9-38(2)3/h4-7,10-17,33H,8-9H2,1-3H3,(H,34,35)(H,36,37). The Morgan fingerprint density at radius 2 is 1.82 bits per heavy atom. The van der Waals surface area contributed by atoms with E-state index in [0.717, 1.165) is 79.9 Å². The number of rotatable bonds is 7. The van der Waals surface area contributed by atoms with Crippen molar-refractivity contribution in [3.8, 4) is 33.6 Å². The van der Waals surface area contributed by atoms with Gasteiger partial charge in [0.1, 0.15) is 17.2 Å². The number of likely N-dealkylation sites (N-methyl/N-ethyl adjacent to an activating group) is 1. The summed E-state index contributed by atoms with van der Waals surface area (Å²) >= 11 is 0. The molecule has 2 aromatic carbocycles. The Balaban J connectivity index is 1.40. The average Bonchev–Trinajstić information content (AvgIpc) is 3.51. The second-order valence-corrected chi connectivity index (χ2v) is 9.85. The molecular weight excluding hydrogens is 477 g/mol. The fourth-order valence-electron chi connectivity index (χ4n) is 4.79. The fourth-order valence-corrected chi connectivity index (χ4v) is 4.79. The summed E-state index contributed by atoms with van der Waals surface area (Å²) in [5.41, 5.74) is 8.98. The van der Waals surface area contributed by atoms with Gasteiger partial charge in [-0.1, -0.05) is 6.07 Å². The predicted molar refractivity (Wildman–Crippen MR) is 152 cm³/mol. The number of benzene rings is 2. The molecule has 6 rings (SSSR count). The maximum atomic E-state index is 14.6. The van der Waals surface area contributed by atoms with Crippen LogP contribution in [0.3, 0.4) is 0 Å². The summed E-state index contributed by atoms with van der Waals surface area (Å²) in [6, 6.07) is 17.4. The number of nitrogens with zero attached hydrogens (tertiary/aromatic N) is 4. The number of aromatic amines is 2. The van der Waals surface area contributed by atoms with Crippen LogP contribution in [0.5, 0.6) is 0 Å². The normalized spacial score (nSPS) is 11.6. The van der Waals surface area contributed by atoms with Gasteiger partial charge in [-0.15, -0.1) is 0 Å². The van der Waals surface area contributed by atoms with Gasteiger partial charge in [0.05, 0.1) is 11.2 Å². The average molecular weight is 506 g/mol. The van der Waals surface area contributed by atoms with E-state index in [9.17, 15) is 4.39 Å². The van der Waals surface area contributed by atoms with Gasteiger partial charge in [0.2, 0.25) is 0 Å². The second-order valence-electron chi connectivity index (χ2n) is 9.85. The van der Waals surface area contributed by atoms with Crippen molar-refractivity contribution >= 4 is 27.6 Å². The molecule has 8 heteroatoms. The van der Waals surface area contributed by atoms with Gasteiger partial charge in [0.25, 0.3) is 0 Å². The lowest BCUT2D eigenvalue weighted by Crippen LogP contribution is -2.20. The van der Waals surface area contributed by atoms with E-state index in [1.165, 1.54) is 6.07 Å². The van der Waals surface area contributed by atoms with E-state index in [0.29, 0.717) is 0 Å². The lowest BCUT2D eigenvalue weighted by molar-refractivity contribution is 0.425. The lowest BCUT2D eigenvalue weighted by atomic mass is 10.0. The molecule has 0 unspecified atom stereocenters. The number of aromatic nitrogens is 5. The number of anilines is 1. The van der Waals surface area contributed by atoms with E-state index in [4.69, 9.17) is 0 Å². The number of aryl methyl sites for hydroxylation is 1. The summed E-state index contributed by atoms with van der Waals surface area (Å²) in [6.45, 7) is 3.61. The molecule has 0 radical (unpaired) electrons. The monoisotopic (exact) mass is 505 g/mol. The first-order valence-corrected chi connectivity index (χ1v) is 12.5. The summed E-state index contributed by atoms with van der Waals surface area (Å²) < 4.78 is 14.6. The molecule has 4 heterocycles. The van der Waals surface area contributed by atoms with Crippen LogP contribution < -0.4 is 5.32 Å². The van der Waals surface area contributed by atoms with Crippen molar-refractivity contribution in [2.45, 2.75) is 6.92 Å². The summed E-state index contributed by atoms with van der Waals surface area (Å²) in [5.74, 6) is -0.285. The van der Waals surface area contributed by atoms with Crippen LogP contribution in [0.15, 0.2) is 73.2 Å². The highest BCUT2D eigenvalue weighted by molar-refractivity contribution is 6.00. The fraction of sp³-hybridized carbons (Fsp3) is 0.167. The third-order valence-electron chi connectivity index (χ3n) is 6.66. The van der Waals surface area contributed by atoms with Gasteiger partial charge < -0.3 is 15.2 Å². The minimum Gasteiger partial charge on any atom is -0.384 e. The Morgan fingerprint density at radius 1 is 0.921 bits per heavy atom. The van der Waals surface area contributed by atoms with Crippen LogP contribution in [0.25, 0.3) is 55.6 Å². The Bertz CT molecular complexity index is 1770. The molecule has 6 aromatic rings. The third-order valence-corrected chi connectivity index (χ3v) is 6.66. The topological polar surface area (TPSA) is 85.5 Å². The summed E-state index contributed by atoms with van der Waals surface area (Å²) in [7, 11) is 4.03. The summed E-state index contributed by atoms with van der Waals surface area (Å²) in [6.07, 6.45) is 5.46. The van der Waals surface area contributed by atoms with Crippen molar-refractivity contribution in [2.24, 2.45) is 0 Å². The molecule has 38 heavy (non-hydrogen) atoms. The molecule has 0 bridgehead atoms. The van der Waals surface area contributed by atoms with Crippen LogP contribution in [0.4, 0.5) is 10.1 Å². The minimum atomic E-state index is -0.285. The van der Waals surface area contributed by atoms with Crippen molar-refractivity contribution in [2.75, 3.05) is 32.5 Å². The van der Waals surface area contributed by atoms with Crippen LogP contribution in [-0.2, 0) is 0 Å². The molecule has 0 aliphatic heterocycles. The molecule has 7 nitrogen and oxygen atoms in total. The first kappa shape index (κ1) is 23.8. The van der Waals surface area contributed by atoms with Gasteiger partial charge in [-0.05, 0) is 91.8 Å². The zero-order chi connectivity index (χ0) is 26.2. The first-order chi connectivity index (χ1) is 18.4. The summed E-state index contributed by atoms with van der Waals surface area (Å²) in [4.78, 5) is 14.4. The number of hydrogen-bond donors (Lipinski definition) is 3. The third kappa shape index (κ3) is 4.62. The Hall–Kier alpha value is -4.56. The van der Waals surface area contributed by atoms with Gasteiger partial charge in [0, 0.05) is 53.7 Å². The van der Waals surface area contributed by atoms with Crippen molar-refractivity contribution in [3.63, 3.8) is 0 Å². The predicted octanol–water partition coefficient (Wildman–Crippen LogP) is 6.26. The number of fused-ring (bicyclic) bond motifs is 2.